The predicted molar refractivity (Wildman–Crippen MR) is 113 cm³/mol. The zero-order valence-electron chi connectivity index (χ0n) is 17.9. The minimum atomic E-state index is -0.327. The van der Waals surface area contributed by atoms with E-state index in [-0.39, 0.29) is 11.6 Å². The molecule has 6 nitrogen and oxygen atoms in total. The van der Waals surface area contributed by atoms with Gasteiger partial charge in [0.15, 0.2) is 0 Å². The van der Waals surface area contributed by atoms with Crippen molar-refractivity contribution in [3.8, 4) is 0 Å². The van der Waals surface area contributed by atoms with Crippen molar-refractivity contribution in [2.45, 2.75) is 59.8 Å². The maximum Gasteiger partial charge on any atom is 0.318 e. The molecule has 0 saturated heterocycles. The van der Waals surface area contributed by atoms with E-state index in [9.17, 15) is 4.79 Å². The van der Waals surface area contributed by atoms with Crippen molar-refractivity contribution in [2.75, 3.05) is 0 Å². The van der Waals surface area contributed by atoms with Crippen molar-refractivity contribution in [1.82, 2.24) is 19.8 Å². The summed E-state index contributed by atoms with van der Waals surface area (Å²) in [5.41, 5.74) is 3.40. The molecule has 3 rings (SSSR count). The van der Waals surface area contributed by atoms with E-state index in [1.54, 1.807) is 17.4 Å². The maximum atomic E-state index is 12.9. The van der Waals surface area contributed by atoms with Crippen molar-refractivity contribution in [2.24, 2.45) is 0 Å². The van der Waals surface area contributed by atoms with Gasteiger partial charge in [0, 0.05) is 24.5 Å². The molecule has 2 heterocycles. The van der Waals surface area contributed by atoms with Gasteiger partial charge in [-0.15, -0.1) is 0 Å². The van der Waals surface area contributed by atoms with Gasteiger partial charge in [-0.2, -0.15) is 0 Å². The third-order valence-electron chi connectivity index (χ3n) is 4.68. The molecule has 29 heavy (non-hydrogen) atoms. The van der Waals surface area contributed by atoms with Crippen LogP contribution in [-0.4, -0.2) is 26.0 Å². The monoisotopic (exact) mass is 394 g/mol. The molecule has 0 aliphatic rings. The standard InChI is InChI=1S/C23H30N4O2/c1-17-8-9-18(2)19(13-17)14-26-11-10-24-21(26)16-27(15-20-7-6-12-29-20)22(28)25-23(3,4)5/h6-13H,14-16H2,1-5H3,(H,25,28). The van der Waals surface area contributed by atoms with Gasteiger partial charge in [0.05, 0.1) is 19.4 Å². The Kier molecular flexibility index (Phi) is 6.11. The average molecular weight is 395 g/mol. The molecule has 0 aliphatic carbocycles. The first kappa shape index (κ1) is 20.7. The van der Waals surface area contributed by atoms with Crippen LogP contribution in [0.1, 0.15) is 49.0 Å². The van der Waals surface area contributed by atoms with E-state index < -0.39 is 0 Å². The van der Waals surface area contributed by atoms with Crippen LogP contribution in [0.3, 0.4) is 0 Å². The fraction of sp³-hybridized carbons (Fsp3) is 0.391. The highest BCUT2D eigenvalue weighted by atomic mass is 16.3. The van der Waals surface area contributed by atoms with Crippen LogP contribution in [0, 0.1) is 13.8 Å². The Labute approximate surface area is 172 Å². The Hall–Kier alpha value is -3.02. The molecule has 0 spiro atoms. The normalized spacial score (nSPS) is 11.5. The van der Waals surface area contributed by atoms with Crippen molar-refractivity contribution in [3.63, 3.8) is 0 Å². The minimum Gasteiger partial charge on any atom is -0.467 e. The molecule has 0 fully saturated rings. The summed E-state index contributed by atoms with van der Waals surface area (Å²) >= 11 is 0. The summed E-state index contributed by atoms with van der Waals surface area (Å²) in [7, 11) is 0. The Morgan fingerprint density at radius 2 is 2.00 bits per heavy atom. The van der Waals surface area contributed by atoms with Crippen LogP contribution in [0.5, 0.6) is 0 Å². The van der Waals surface area contributed by atoms with Crippen LogP contribution in [0.4, 0.5) is 4.79 Å². The number of rotatable bonds is 6. The molecule has 0 bridgehead atoms. The van der Waals surface area contributed by atoms with Crippen LogP contribution >= 0.6 is 0 Å². The molecular weight excluding hydrogens is 364 g/mol. The van der Waals surface area contributed by atoms with Gasteiger partial charge in [0.2, 0.25) is 0 Å². The average Bonchev–Trinajstić information content (AvgIpc) is 3.28. The number of carbonyl (C=O) groups is 1. The van der Waals surface area contributed by atoms with Gasteiger partial charge in [-0.25, -0.2) is 9.78 Å². The number of carbonyl (C=O) groups excluding carboxylic acids is 1. The van der Waals surface area contributed by atoms with E-state index in [1.165, 1.54) is 16.7 Å². The molecule has 0 aliphatic heterocycles. The van der Waals surface area contributed by atoms with Crippen LogP contribution in [-0.2, 0) is 19.6 Å². The lowest BCUT2D eigenvalue weighted by atomic mass is 10.1. The number of hydrogen-bond acceptors (Lipinski definition) is 3. The molecule has 0 unspecified atom stereocenters. The molecule has 6 heteroatoms. The Morgan fingerprint density at radius 3 is 2.69 bits per heavy atom. The lowest BCUT2D eigenvalue weighted by Crippen LogP contribution is -2.48. The number of benzene rings is 1. The summed E-state index contributed by atoms with van der Waals surface area (Å²) in [5, 5.41) is 3.04. The second-order valence-electron chi connectivity index (χ2n) is 8.52. The number of furan rings is 1. The molecule has 0 atom stereocenters. The third kappa shape index (κ3) is 5.73. The van der Waals surface area contributed by atoms with Gasteiger partial charge in [-0.1, -0.05) is 23.8 Å². The number of aryl methyl sites for hydroxylation is 2. The van der Waals surface area contributed by atoms with E-state index in [0.717, 1.165) is 18.1 Å². The first-order valence-electron chi connectivity index (χ1n) is 9.87. The molecular formula is C23H30N4O2. The van der Waals surface area contributed by atoms with Crippen molar-refractivity contribution in [3.05, 3.63) is 77.3 Å². The maximum absolute atomic E-state index is 12.9. The lowest BCUT2D eigenvalue weighted by molar-refractivity contribution is 0.176. The number of nitrogens with one attached hydrogen (secondary N) is 1. The Bertz CT molecular complexity index is 952. The zero-order chi connectivity index (χ0) is 21.0. The van der Waals surface area contributed by atoms with Crippen LogP contribution in [0.2, 0.25) is 0 Å². The van der Waals surface area contributed by atoms with E-state index in [2.05, 4.69) is 46.9 Å². The Balaban J connectivity index is 1.81. The fourth-order valence-electron chi connectivity index (χ4n) is 3.15. The second kappa shape index (κ2) is 8.55. The van der Waals surface area contributed by atoms with Crippen LogP contribution in [0.25, 0.3) is 0 Å². The molecule has 154 valence electrons. The van der Waals surface area contributed by atoms with Crippen molar-refractivity contribution < 1.29 is 9.21 Å². The summed E-state index contributed by atoms with van der Waals surface area (Å²) in [6.45, 7) is 11.6. The highest BCUT2D eigenvalue weighted by Gasteiger charge is 2.22. The van der Waals surface area contributed by atoms with Crippen LogP contribution in [0.15, 0.2) is 53.4 Å². The van der Waals surface area contributed by atoms with E-state index in [1.807, 2.05) is 39.1 Å². The molecule has 0 saturated carbocycles. The Morgan fingerprint density at radius 1 is 1.21 bits per heavy atom. The molecule has 2 amide bonds. The molecule has 0 radical (unpaired) electrons. The van der Waals surface area contributed by atoms with Gasteiger partial charge in [-0.3, -0.25) is 0 Å². The quantitative estimate of drug-likeness (QED) is 0.662. The van der Waals surface area contributed by atoms with Gasteiger partial charge in [0.1, 0.15) is 11.6 Å². The zero-order valence-corrected chi connectivity index (χ0v) is 17.9. The van der Waals surface area contributed by atoms with E-state index >= 15 is 0 Å². The summed E-state index contributed by atoms with van der Waals surface area (Å²) < 4.78 is 7.57. The van der Waals surface area contributed by atoms with Crippen LogP contribution < -0.4 is 5.32 Å². The number of urea groups is 1. The summed E-state index contributed by atoms with van der Waals surface area (Å²) in [5.74, 6) is 1.57. The van der Waals surface area contributed by atoms with Gasteiger partial charge >= 0.3 is 6.03 Å². The lowest BCUT2D eigenvalue weighted by Gasteiger charge is -2.28. The number of imidazole rings is 1. The third-order valence-corrected chi connectivity index (χ3v) is 4.68. The number of nitrogens with zero attached hydrogens (tertiary/aromatic N) is 3. The van der Waals surface area contributed by atoms with E-state index in [4.69, 9.17) is 4.42 Å². The van der Waals surface area contributed by atoms with Gasteiger partial charge < -0.3 is 19.2 Å². The number of aromatic nitrogens is 2. The van der Waals surface area contributed by atoms with Gasteiger partial charge in [-0.05, 0) is 57.9 Å². The number of hydrogen-bond donors (Lipinski definition) is 1. The van der Waals surface area contributed by atoms with Crippen molar-refractivity contribution in [1.29, 1.82) is 0 Å². The van der Waals surface area contributed by atoms with Gasteiger partial charge in [0.25, 0.3) is 0 Å². The summed E-state index contributed by atoms with van der Waals surface area (Å²) in [4.78, 5) is 19.2. The minimum absolute atomic E-state index is 0.143. The highest BCUT2D eigenvalue weighted by Crippen LogP contribution is 2.16. The smallest absolute Gasteiger partial charge is 0.318 e. The second-order valence-corrected chi connectivity index (χ2v) is 8.52. The van der Waals surface area contributed by atoms with E-state index in [0.29, 0.717) is 13.1 Å². The highest BCUT2D eigenvalue weighted by molar-refractivity contribution is 5.74. The first-order valence-corrected chi connectivity index (χ1v) is 9.87. The molecule has 2 aromatic heterocycles. The van der Waals surface area contributed by atoms with Crippen molar-refractivity contribution >= 4 is 6.03 Å². The number of amides is 2. The topological polar surface area (TPSA) is 63.3 Å². The SMILES string of the molecule is Cc1ccc(C)c(Cn2ccnc2CN(Cc2ccco2)C(=O)NC(C)(C)C)c1. The molecule has 1 N–H and O–H groups in total. The fourth-order valence-corrected chi connectivity index (χ4v) is 3.15. The predicted octanol–water partition coefficient (Wildman–Crippen LogP) is 4.65. The molecule has 1 aromatic carbocycles. The first-order chi connectivity index (χ1) is 13.7. The summed E-state index contributed by atoms with van der Waals surface area (Å²) in [6, 6.07) is 10.0. The largest absolute Gasteiger partial charge is 0.467 e. The summed E-state index contributed by atoms with van der Waals surface area (Å²) in [6.07, 6.45) is 5.37. The molecule has 3 aromatic rings.